The minimum Gasteiger partial charge on any atom is -0.274 e. The summed E-state index contributed by atoms with van der Waals surface area (Å²) in [6, 6.07) is 0. The van der Waals surface area contributed by atoms with Gasteiger partial charge in [-0.05, 0) is 30.9 Å². The first kappa shape index (κ1) is 21.4. The van der Waals surface area contributed by atoms with Gasteiger partial charge in [-0.2, -0.15) is 0 Å². The number of amidine groups is 2. The summed E-state index contributed by atoms with van der Waals surface area (Å²) >= 11 is 6.11. The van der Waals surface area contributed by atoms with Crippen LogP contribution in [0.25, 0.3) is 0 Å². The Labute approximate surface area is 153 Å². The normalized spacial score (nSPS) is 17.8. The van der Waals surface area contributed by atoms with Gasteiger partial charge in [0, 0.05) is 6.42 Å². The molecule has 0 aromatic heterocycles. The highest BCUT2D eigenvalue weighted by molar-refractivity contribution is 6.65. The third kappa shape index (κ3) is 9.03. The molecule has 0 saturated carbocycles. The average Bonchev–Trinajstić information content (AvgIpc) is 2.57. The van der Waals surface area contributed by atoms with Gasteiger partial charge in [-0.25, -0.2) is 15.8 Å². The van der Waals surface area contributed by atoms with E-state index in [1.165, 1.54) is 64.2 Å². The van der Waals surface area contributed by atoms with Crippen LogP contribution in [0.15, 0.2) is 9.98 Å². The molecule has 4 nitrogen and oxygen atoms in total. The Morgan fingerprint density at radius 2 is 1.42 bits per heavy atom. The van der Waals surface area contributed by atoms with E-state index in [0.29, 0.717) is 5.29 Å². The lowest BCUT2D eigenvalue weighted by Crippen LogP contribution is -2.47. The molecule has 24 heavy (non-hydrogen) atoms. The average molecular weight is 357 g/mol. The molecular formula is C19H37ClN4. The minimum absolute atomic E-state index is 0.0312. The van der Waals surface area contributed by atoms with E-state index in [-0.39, 0.29) is 6.17 Å². The molecule has 0 aromatic rings. The maximum Gasteiger partial charge on any atom is 0.221 e. The van der Waals surface area contributed by atoms with Gasteiger partial charge in [-0.3, -0.25) is 5.01 Å². The second kappa shape index (κ2) is 13.7. The SMILES string of the molecule is CCCCCCCCC1=NC(Cl)=NC(CCCCCCCC)N1N. The molecule has 0 amide bonds. The summed E-state index contributed by atoms with van der Waals surface area (Å²) in [6.07, 6.45) is 17.1. The van der Waals surface area contributed by atoms with Gasteiger partial charge in [0.1, 0.15) is 12.0 Å². The van der Waals surface area contributed by atoms with Gasteiger partial charge in [-0.1, -0.05) is 78.1 Å². The molecule has 2 N–H and O–H groups in total. The van der Waals surface area contributed by atoms with Gasteiger partial charge in [0.15, 0.2) is 0 Å². The fraction of sp³-hybridized carbons (Fsp3) is 0.895. The number of unbranched alkanes of at least 4 members (excludes halogenated alkanes) is 10. The molecule has 0 aromatic carbocycles. The summed E-state index contributed by atoms with van der Waals surface area (Å²) in [4.78, 5) is 8.76. The van der Waals surface area contributed by atoms with Crippen LogP contribution in [-0.2, 0) is 0 Å². The molecule has 0 aliphatic carbocycles. The van der Waals surface area contributed by atoms with Crippen molar-refractivity contribution in [2.45, 2.75) is 110 Å². The van der Waals surface area contributed by atoms with Gasteiger partial charge in [0.05, 0.1) is 0 Å². The highest BCUT2D eigenvalue weighted by atomic mass is 35.5. The molecule has 0 saturated heterocycles. The molecule has 5 heteroatoms. The molecule has 1 atom stereocenters. The summed E-state index contributed by atoms with van der Waals surface area (Å²) in [7, 11) is 0. The van der Waals surface area contributed by atoms with Crippen LogP contribution in [0.3, 0.4) is 0 Å². The van der Waals surface area contributed by atoms with Crippen molar-refractivity contribution in [2.75, 3.05) is 0 Å². The lowest BCUT2D eigenvalue weighted by molar-refractivity contribution is 0.294. The fourth-order valence-corrected chi connectivity index (χ4v) is 3.32. The highest BCUT2D eigenvalue weighted by Crippen LogP contribution is 2.18. The summed E-state index contributed by atoms with van der Waals surface area (Å²) < 4.78 is 0. The third-order valence-corrected chi connectivity index (χ3v) is 4.85. The van der Waals surface area contributed by atoms with E-state index < -0.39 is 0 Å². The van der Waals surface area contributed by atoms with Crippen LogP contribution < -0.4 is 5.84 Å². The van der Waals surface area contributed by atoms with Gasteiger partial charge >= 0.3 is 0 Å². The zero-order valence-corrected chi connectivity index (χ0v) is 16.5. The van der Waals surface area contributed by atoms with Gasteiger partial charge in [-0.15, -0.1) is 0 Å². The van der Waals surface area contributed by atoms with E-state index in [1.807, 2.05) is 0 Å². The van der Waals surface area contributed by atoms with Crippen LogP contribution in [0.2, 0.25) is 0 Å². The number of nitrogens with zero attached hydrogens (tertiary/aromatic N) is 3. The molecule has 1 unspecified atom stereocenters. The summed E-state index contributed by atoms with van der Waals surface area (Å²) in [5.41, 5.74) is 0. The smallest absolute Gasteiger partial charge is 0.221 e. The number of hydrazine groups is 1. The van der Waals surface area contributed by atoms with Crippen molar-refractivity contribution in [2.24, 2.45) is 15.8 Å². The second-order valence-corrected chi connectivity index (χ2v) is 7.23. The molecule has 0 radical (unpaired) electrons. The van der Waals surface area contributed by atoms with E-state index in [9.17, 15) is 0 Å². The number of hydrogen-bond donors (Lipinski definition) is 1. The van der Waals surface area contributed by atoms with Crippen molar-refractivity contribution in [3.8, 4) is 0 Å². The molecule has 1 heterocycles. The maximum absolute atomic E-state index is 6.25. The molecule has 1 rings (SSSR count). The first-order chi connectivity index (χ1) is 11.7. The number of halogens is 1. The van der Waals surface area contributed by atoms with E-state index in [4.69, 9.17) is 17.4 Å². The standard InChI is InChI=1S/C19H37ClN4/c1-3-5-7-9-11-13-15-17-22-19(20)23-18(24(17)21)16-14-12-10-8-6-4-2/h17H,3-16,21H2,1-2H3. The molecule has 1 aliphatic rings. The number of rotatable bonds is 14. The van der Waals surface area contributed by atoms with E-state index in [0.717, 1.165) is 31.5 Å². The summed E-state index contributed by atoms with van der Waals surface area (Å²) in [5, 5.41) is 2.12. The summed E-state index contributed by atoms with van der Waals surface area (Å²) in [5.74, 6) is 7.15. The molecule has 1 aliphatic heterocycles. The molecular weight excluding hydrogens is 320 g/mol. The number of aliphatic imine (C=N–C) groups is 2. The Bertz CT molecular complexity index is 382. The Morgan fingerprint density at radius 3 is 2.04 bits per heavy atom. The Morgan fingerprint density at radius 1 is 0.875 bits per heavy atom. The van der Waals surface area contributed by atoms with Crippen molar-refractivity contribution in [3.63, 3.8) is 0 Å². The second-order valence-electron chi connectivity index (χ2n) is 6.89. The Kier molecular flexibility index (Phi) is 12.2. The minimum atomic E-state index is -0.0312. The first-order valence-corrected chi connectivity index (χ1v) is 10.4. The van der Waals surface area contributed by atoms with Crippen LogP contribution in [0, 0.1) is 0 Å². The lowest BCUT2D eigenvalue weighted by atomic mass is 10.1. The first-order valence-electron chi connectivity index (χ1n) is 10.0. The van der Waals surface area contributed by atoms with Crippen LogP contribution in [0.5, 0.6) is 0 Å². The highest BCUT2D eigenvalue weighted by Gasteiger charge is 2.22. The monoisotopic (exact) mass is 356 g/mol. The summed E-state index contributed by atoms with van der Waals surface area (Å²) in [6.45, 7) is 4.49. The van der Waals surface area contributed by atoms with Gasteiger partial charge < -0.3 is 0 Å². The molecule has 140 valence electrons. The lowest BCUT2D eigenvalue weighted by Gasteiger charge is -2.30. The third-order valence-electron chi connectivity index (χ3n) is 4.67. The van der Waals surface area contributed by atoms with Crippen molar-refractivity contribution in [1.82, 2.24) is 5.01 Å². The largest absolute Gasteiger partial charge is 0.274 e. The molecule has 0 fully saturated rings. The predicted molar refractivity (Wildman–Crippen MR) is 107 cm³/mol. The number of hydrogen-bond acceptors (Lipinski definition) is 4. The quantitative estimate of drug-likeness (QED) is 0.236. The Hall–Kier alpha value is -0.610. The zero-order chi connectivity index (χ0) is 17.6. The van der Waals surface area contributed by atoms with Crippen molar-refractivity contribution < 1.29 is 0 Å². The van der Waals surface area contributed by atoms with Gasteiger partial charge in [0.25, 0.3) is 0 Å². The zero-order valence-electron chi connectivity index (χ0n) is 15.8. The number of nitrogens with two attached hydrogens (primary N) is 1. The van der Waals surface area contributed by atoms with Gasteiger partial charge in [0.2, 0.25) is 5.29 Å². The molecule has 0 bridgehead atoms. The van der Waals surface area contributed by atoms with Crippen LogP contribution >= 0.6 is 11.6 Å². The predicted octanol–water partition coefficient (Wildman–Crippen LogP) is 6.00. The molecule has 0 spiro atoms. The van der Waals surface area contributed by atoms with E-state index in [1.54, 1.807) is 5.01 Å². The van der Waals surface area contributed by atoms with Crippen molar-refractivity contribution in [1.29, 1.82) is 0 Å². The van der Waals surface area contributed by atoms with E-state index in [2.05, 4.69) is 23.8 Å². The maximum atomic E-state index is 6.25. The van der Waals surface area contributed by atoms with Crippen molar-refractivity contribution in [3.05, 3.63) is 0 Å². The van der Waals surface area contributed by atoms with E-state index >= 15 is 0 Å². The van der Waals surface area contributed by atoms with Crippen LogP contribution in [0.1, 0.15) is 104 Å². The Balaban J connectivity index is 2.26. The fourth-order valence-electron chi connectivity index (χ4n) is 3.11. The van der Waals surface area contributed by atoms with Crippen molar-refractivity contribution >= 4 is 22.7 Å². The van der Waals surface area contributed by atoms with Crippen LogP contribution in [-0.4, -0.2) is 22.3 Å². The topological polar surface area (TPSA) is 54.0 Å². The van der Waals surface area contributed by atoms with Crippen LogP contribution in [0.4, 0.5) is 0 Å².